The first-order valence-electron chi connectivity index (χ1n) is 7.74. The van der Waals surface area contributed by atoms with Gasteiger partial charge in [0.05, 0.1) is 10.4 Å². The summed E-state index contributed by atoms with van der Waals surface area (Å²) in [6.45, 7) is 0. The predicted molar refractivity (Wildman–Crippen MR) is 98.9 cm³/mol. The summed E-state index contributed by atoms with van der Waals surface area (Å²) in [6, 6.07) is 12.4. The zero-order valence-corrected chi connectivity index (χ0v) is 15.4. The number of benzene rings is 2. The van der Waals surface area contributed by atoms with E-state index in [1.807, 2.05) is 6.26 Å². The van der Waals surface area contributed by atoms with E-state index in [2.05, 4.69) is 10.1 Å². The number of hydrogen-bond donors (Lipinski definition) is 0. The summed E-state index contributed by atoms with van der Waals surface area (Å²) < 4.78 is 55.4. The first-order chi connectivity index (χ1) is 12.9. The summed E-state index contributed by atoms with van der Waals surface area (Å²) in [4.78, 5) is 5.19. The normalized spacial score (nSPS) is 12.0. The van der Waals surface area contributed by atoms with Gasteiger partial charge in [-0.05, 0) is 48.7 Å². The van der Waals surface area contributed by atoms with Crippen LogP contribution in [0.4, 0.5) is 17.6 Å². The van der Waals surface area contributed by atoms with Gasteiger partial charge in [-0.15, -0.1) is 23.1 Å². The van der Waals surface area contributed by atoms with Crippen molar-refractivity contribution in [2.45, 2.75) is 11.1 Å². The second-order valence-corrected chi connectivity index (χ2v) is 7.54. The van der Waals surface area contributed by atoms with E-state index in [4.69, 9.17) is 0 Å². The minimum absolute atomic E-state index is 0.136. The van der Waals surface area contributed by atoms with Crippen molar-refractivity contribution in [1.82, 2.24) is 14.8 Å². The van der Waals surface area contributed by atoms with Crippen molar-refractivity contribution in [2.75, 3.05) is 6.26 Å². The Kier molecular flexibility index (Phi) is 4.43. The smallest absolute Gasteiger partial charge is 0.231 e. The topological polar surface area (TPSA) is 30.7 Å². The van der Waals surface area contributed by atoms with Crippen molar-refractivity contribution in [3.63, 3.8) is 0 Å². The molecule has 4 rings (SSSR count). The molecule has 0 atom stereocenters. The van der Waals surface area contributed by atoms with Crippen molar-refractivity contribution in [1.29, 1.82) is 0 Å². The number of alkyl halides is 3. The molecule has 0 aliphatic rings. The van der Waals surface area contributed by atoms with Gasteiger partial charge in [0.15, 0.2) is 5.69 Å². The van der Waals surface area contributed by atoms with Crippen molar-refractivity contribution >= 4 is 33.3 Å². The zero-order chi connectivity index (χ0) is 19.2. The third-order valence-electron chi connectivity index (χ3n) is 3.91. The molecule has 9 heteroatoms. The van der Waals surface area contributed by atoms with E-state index in [1.54, 1.807) is 36.4 Å². The molecular weight excluding hydrogens is 398 g/mol. The molecule has 2 aromatic carbocycles. The number of para-hydroxylation sites is 1. The molecule has 27 heavy (non-hydrogen) atoms. The molecule has 0 fully saturated rings. The Morgan fingerprint density at radius 1 is 1.07 bits per heavy atom. The molecule has 0 saturated carbocycles. The van der Waals surface area contributed by atoms with Gasteiger partial charge in [0.2, 0.25) is 0 Å². The molecule has 2 aromatic heterocycles. The lowest BCUT2D eigenvalue weighted by Gasteiger charge is -2.06. The molecule has 4 aromatic rings. The van der Waals surface area contributed by atoms with Crippen LogP contribution in [0, 0.1) is 5.82 Å². The van der Waals surface area contributed by atoms with Gasteiger partial charge in [-0.2, -0.15) is 18.3 Å². The molecule has 0 spiro atoms. The van der Waals surface area contributed by atoms with Gasteiger partial charge >= 0.3 is 6.18 Å². The maximum absolute atomic E-state index is 14.0. The molecule has 0 aliphatic heterocycles. The molecule has 0 unspecified atom stereocenters. The molecule has 0 bridgehead atoms. The average molecular weight is 409 g/mol. The minimum Gasteiger partial charge on any atom is -0.231 e. The fraction of sp³-hybridized carbons (Fsp3) is 0.111. The first-order valence-corrected chi connectivity index (χ1v) is 9.78. The van der Waals surface area contributed by atoms with Gasteiger partial charge in [-0.25, -0.2) is 14.1 Å². The number of rotatable bonds is 3. The van der Waals surface area contributed by atoms with E-state index >= 15 is 0 Å². The van der Waals surface area contributed by atoms with Crippen LogP contribution in [0.5, 0.6) is 0 Å². The van der Waals surface area contributed by atoms with Gasteiger partial charge in [-0.1, -0.05) is 6.07 Å². The highest BCUT2D eigenvalue weighted by molar-refractivity contribution is 7.98. The molecule has 0 radical (unpaired) electrons. The second-order valence-electron chi connectivity index (χ2n) is 5.63. The Morgan fingerprint density at radius 3 is 2.44 bits per heavy atom. The van der Waals surface area contributed by atoms with Crippen molar-refractivity contribution < 1.29 is 17.6 Å². The zero-order valence-electron chi connectivity index (χ0n) is 13.8. The fourth-order valence-corrected chi connectivity index (χ4v) is 4.01. The Morgan fingerprint density at radius 2 is 1.81 bits per heavy atom. The Labute approximate surface area is 159 Å². The number of halogens is 4. The SMILES string of the molecule is CSc1ccc(-n2nc(C(F)(F)F)cc2-c2nc3c(F)cccc3s2)cc1. The van der Waals surface area contributed by atoms with Crippen LogP contribution >= 0.6 is 23.1 Å². The molecular formula is C18H11F4N3S2. The van der Waals surface area contributed by atoms with E-state index in [0.29, 0.717) is 10.4 Å². The van der Waals surface area contributed by atoms with Gasteiger partial charge in [0.25, 0.3) is 0 Å². The number of thiazole rings is 1. The summed E-state index contributed by atoms with van der Waals surface area (Å²) in [5, 5.41) is 4.00. The third-order valence-corrected chi connectivity index (χ3v) is 5.69. The number of aromatic nitrogens is 3. The van der Waals surface area contributed by atoms with Crippen LogP contribution in [0.2, 0.25) is 0 Å². The van der Waals surface area contributed by atoms with Crippen LogP contribution in [0.3, 0.4) is 0 Å². The van der Waals surface area contributed by atoms with Crippen LogP contribution in [-0.4, -0.2) is 21.0 Å². The van der Waals surface area contributed by atoms with Gasteiger partial charge < -0.3 is 0 Å². The summed E-state index contributed by atoms with van der Waals surface area (Å²) in [7, 11) is 0. The van der Waals surface area contributed by atoms with Crippen molar-refractivity contribution in [3.8, 4) is 16.4 Å². The third kappa shape index (κ3) is 3.32. The molecule has 3 nitrogen and oxygen atoms in total. The van der Waals surface area contributed by atoms with Crippen LogP contribution in [0.15, 0.2) is 53.4 Å². The minimum atomic E-state index is -4.60. The molecule has 2 heterocycles. The Hall–Kier alpha value is -2.39. The largest absolute Gasteiger partial charge is 0.435 e. The highest BCUT2D eigenvalue weighted by atomic mass is 32.2. The maximum atomic E-state index is 14.0. The number of fused-ring (bicyclic) bond motifs is 1. The maximum Gasteiger partial charge on any atom is 0.435 e. The molecule has 0 aliphatic carbocycles. The fourth-order valence-electron chi connectivity index (χ4n) is 2.62. The Balaban J connectivity index is 1.91. The lowest BCUT2D eigenvalue weighted by atomic mass is 10.3. The molecule has 138 valence electrons. The van der Waals surface area contributed by atoms with Crippen LogP contribution in [0.1, 0.15) is 5.69 Å². The Bertz CT molecular complexity index is 1110. The highest BCUT2D eigenvalue weighted by Gasteiger charge is 2.35. The van der Waals surface area contributed by atoms with E-state index in [9.17, 15) is 17.6 Å². The predicted octanol–water partition coefficient (Wildman–Crippen LogP) is 6.03. The van der Waals surface area contributed by atoms with E-state index < -0.39 is 17.7 Å². The van der Waals surface area contributed by atoms with Crippen LogP contribution in [0.25, 0.3) is 26.6 Å². The first kappa shape index (κ1) is 18.0. The number of nitrogens with zero attached hydrogens (tertiary/aromatic N) is 3. The summed E-state index contributed by atoms with van der Waals surface area (Å²) in [6.07, 6.45) is -2.69. The number of hydrogen-bond acceptors (Lipinski definition) is 4. The monoisotopic (exact) mass is 409 g/mol. The molecule has 0 saturated heterocycles. The molecule has 0 amide bonds. The lowest BCUT2D eigenvalue weighted by molar-refractivity contribution is -0.141. The van der Waals surface area contributed by atoms with E-state index in [-0.39, 0.29) is 16.2 Å². The average Bonchev–Trinajstić information content (AvgIpc) is 3.26. The van der Waals surface area contributed by atoms with Crippen LogP contribution in [-0.2, 0) is 6.18 Å². The van der Waals surface area contributed by atoms with E-state index in [1.165, 1.54) is 22.5 Å². The summed E-state index contributed by atoms with van der Waals surface area (Å²) in [5.41, 5.74) is -0.249. The van der Waals surface area contributed by atoms with Gasteiger partial charge in [0, 0.05) is 4.90 Å². The number of thioether (sulfide) groups is 1. The van der Waals surface area contributed by atoms with Gasteiger partial charge in [-0.3, -0.25) is 0 Å². The second kappa shape index (κ2) is 6.65. The standard InChI is InChI=1S/C18H11F4N3S2/c1-26-11-7-5-10(6-8-11)25-13(9-15(24-25)18(20,21)22)17-23-16-12(19)3-2-4-14(16)27-17/h2-9H,1H3. The van der Waals surface area contributed by atoms with Gasteiger partial charge in [0.1, 0.15) is 22.0 Å². The summed E-state index contributed by atoms with van der Waals surface area (Å²) >= 11 is 2.65. The van der Waals surface area contributed by atoms with Crippen LogP contribution < -0.4 is 0 Å². The van der Waals surface area contributed by atoms with Crippen molar-refractivity contribution in [2.24, 2.45) is 0 Å². The highest BCUT2D eigenvalue weighted by Crippen LogP contribution is 2.36. The molecule has 0 N–H and O–H groups in total. The summed E-state index contributed by atoms with van der Waals surface area (Å²) in [5.74, 6) is -0.513. The van der Waals surface area contributed by atoms with Crippen molar-refractivity contribution in [3.05, 3.63) is 60.0 Å². The quantitative estimate of drug-likeness (QED) is 0.306. The lowest BCUT2D eigenvalue weighted by Crippen LogP contribution is -2.07. The van der Waals surface area contributed by atoms with E-state index in [0.717, 1.165) is 22.3 Å².